The normalized spacial score (nSPS) is 17.1. The lowest BCUT2D eigenvalue weighted by molar-refractivity contribution is -0.384. The molecule has 1 aromatic rings. The van der Waals surface area contributed by atoms with Crippen LogP contribution in [-0.4, -0.2) is 57.0 Å². The maximum absolute atomic E-state index is 12.4. The first kappa shape index (κ1) is 18.6. The summed E-state index contributed by atoms with van der Waals surface area (Å²) in [5, 5.41) is 11.4. The summed E-state index contributed by atoms with van der Waals surface area (Å²) in [6, 6.07) is 4.09. The third-order valence-corrected chi connectivity index (χ3v) is 5.49. The number of hydrogen-bond acceptors (Lipinski definition) is 6. The molecule has 0 radical (unpaired) electrons. The van der Waals surface area contributed by atoms with E-state index in [-0.39, 0.29) is 10.6 Å². The smallest absolute Gasteiger partial charge is 0.293 e. The molecule has 1 heterocycles. The molecule has 1 aliphatic heterocycles. The summed E-state index contributed by atoms with van der Waals surface area (Å²) in [4.78, 5) is 14.9. The highest BCUT2D eigenvalue weighted by Gasteiger charge is 2.28. The molecule has 24 heavy (non-hydrogen) atoms. The minimum Gasteiger partial charge on any atom is -0.363 e. The molecule has 1 N–H and O–H groups in total. The van der Waals surface area contributed by atoms with Crippen molar-refractivity contribution in [3.8, 4) is 0 Å². The van der Waals surface area contributed by atoms with Gasteiger partial charge in [-0.05, 0) is 40.0 Å². The van der Waals surface area contributed by atoms with Crippen LogP contribution in [0.25, 0.3) is 0 Å². The molecule has 1 fully saturated rings. The fourth-order valence-electron chi connectivity index (χ4n) is 2.59. The van der Waals surface area contributed by atoms with Gasteiger partial charge in [0.2, 0.25) is 10.0 Å². The summed E-state index contributed by atoms with van der Waals surface area (Å²) in [5.74, 6) is 0. The Kier molecular flexibility index (Phi) is 5.17. The third-order valence-electron chi connectivity index (χ3n) is 3.74. The van der Waals surface area contributed by atoms with Gasteiger partial charge in [0.1, 0.15) is 5.69 Å². The van der Waals surface area contributed by atoms with E-state index < -0.39 is 20.5 Å². The molecule has 0 unspecified atom stereocenters. The number of nitro groups is 1. The molecule has 0 spiro atoms. The van der Waals surface area contributed by atoms with E-state index in [1.54, 1.807) is 20.8 Å². The van der Waals surface area contributed by atoms with E-state index in [0.29, 0.717) is 18.8 Å². The Hall–Kier alpha value is -1.71. The fourth-order valence-corrected chi connectivity index (χ4v) is 4.03. The standard InChI is InChI=1S/C15H24N4O4S/c1-15(2,3)16-24(22,23)12-5-6-13(14(11-12)19(20)21)18-9-7-17(4)8-10-18/h5-6,11,16H,7-10H2,1-4H3. The molecule has 0 atom stereocenters. The molecule has 8 nitrogen and oxygen atoms in total. The van der Waals surface area contributed by atoms with Gasteiger partial charge in [0.05, 0.1) is 9.82 Å². The number of anilines is 1. The first-order valence-corrected chi connectivity index (χ1v) is 9.24. The average Bonchev–Trinajstić information content (AvgIpc) is 2.45. The zero-order valence-corrected chi connectivity index (χ0v) is 15.3. The van der Waals surface area contributed by atoms with Gasteiger partial charge in [-0.3, -0.25) is 10.1 Å². The lowest BCUT2D eigenvalue weighted by Gasteiger charge is -2.33. The van der Waals surface area contributed by atoms with E-state index >= 15 is 0 Å². The quantitative estimate of drug-likeness (QED) is 0.647. The number of nitrogens with zero attached hydrogens (tertiary/aromatic N) is 3. The Morgan fingerprint density at radius 3 is 2.25 bits per heavy atom. The van der Waals surface area contributed by atoms with Crippen LogP contribution >= 0.6 is 0 Å². The Morgan fingerprint density at radius 1 is 1.17 bits per heavy atom. The van der Waals surface area contributed by atoms with Crippen molar-refractivity contribution in [3.63, 3.8) is 0 Å². The zero-order chi connectivity index (χ0) is 18.1. The monoisotopic (exact) mass is 356 g/mol. The highest BCUT2D eigenvalue weighted by atomic mass is 32.2. The van der Waals surface area contributed by atoms with Gasteiger partial charge in [0.25, 0.3) is 5.69 Å². The fraction of sp³-hybridized carbons (Fsp3) is 0.600. The molecule has 0 aromatic heterocycles. The second-order valence-electron chi connectivity index (χ2n) is 7.05. The zero-order valence-electron chi connectivity index (χ0n) is 14.4. The summed E-state index contributed by atoms with van der Waals surface area (Å²) in [6.45, 7) is 8.12. The van der Waals surface area contributed by atoms with Crippen LogP contribution in [0.1, 0.15) is 20.8 Å². The SMILES string of the molecule is CN1CCN(c2ccc(S(=O)(=O)NC(C)(C)C)cc2[N+](=O)[O-])CC1. The second kappa shape index (κ2) is 6.66. The van der Waals surface area contributed by atoms with E-state index in [1.165, 1.54) is 12.1 Å². The number of nitro benzene ring substituents is 1. The largest absolute Gasteiger partial charge is 0.363 e. The van der Waals surface area contributed by atoms with Gasteiger partial charge in [0.15, 0.2) is 0 Å². The average molecular weight is 356 g/mol. The Bertz CT molecular complexity index is 719. The van der Waals surface area contributed by atoms with Crippen LogP contribution in [0.4, 0.5) is 11.4 Å². The summed E-state index contributed by atoms with van der Waals surface area (Å²) >= 11 is 0. The van der Waals surface area contributed by atoms with Crippen molar-refractivity contribution in [2.24, 2.45) is 0 Å². The van der Waals surface area contributed by atoms with Gasteiger partial charge < -0.3 is 9.80 Å². The Morgan fingerprint density at radius 2 is 1.75 bits per heavy atom. The van der Waals surface area contributed by atoms with Crippen LogP contribution < -0.4 is 9.62 Å². The lowest BCUT2D eigenvalue weighted by Crippen LogP contribution is -2.44. The highest BCUT2D eigenvalue weighted by molar-refractivity contribution is 7.89. The van der Waals surface area contributed by atoms with Crippen LogP contribution in [0.15, 0.2) is 23.1 Å². The second-order valence-corrected chi connectivity index (χ2v) is 8.74. The summed E-state index contributed by atoms with van der Waals surface area (Å²) < 4.78 is 27.3. The maximum Gasteiger partial charge on any atom is 0.293 e. The minimum atomic E-state index is -3.81. The Balaban J connectivity index is 2.39. The molecule has 1 aromatic carbocycles. The molecule has 0 saturated carbocycles. The van der Waals surface area contributed by atoms with Crippen LogP contribution in [0.2, 0.25) is 0 Å². The van der Waals surface area contributed by atoms with Crippen molar-refractivity contribution < 1.29 is 13.3 Å². The number of piperazine rings is 1. The molecule has 9 heteroatoms. The number of sulfonamides is 1. The van der Waals surface area contributed by atoms with Crippen LogP contribution in [0.3, 0.4) is 0 Å². The maximum atomic E-state index is 12.4. The predicted molar refractivity (Wildman–Crippen MR) is 92.9 cm³/mol. The molecule has 2 rings (SSSR count). The van der Waals surface area contributed by atoms with Crippen LogP contribution in [0, 0.1) is 10.1 Å². The van der Waals surface area contributed by atoms with E-state index in [0.717, 1.165) is 19.2 Å². The van der Waals surface area contributed by atoms with Gasteiger partial charge in [-0.1, -0.05) is 0 Å². The topological polar surface area (TPSA) is 95.8 Å². The Labute approximate surface area is 142 Å². The van der Waals surface area contributed by atoms with Crippen molar-refractivity contribution in [2.75, 3.05) is 38.1 Å². The van der Waals surface area contributed by atoms with Gasteiger partial charge in [0, 0.05) is 37.8 Å². The first-order chi connectivity index (χ1) is 11.0. The molecular weight excluding hydrogens is 332 g/mol. The van der Waals surface area contributed by atoms with Crippen LogP contribution in [-0.2, 0) is 10.0 Å². The van der Waals surface area contributed by atoms with Crippen LogP contribution in [0.5, 0.6) is 0 Å². The van der Waals surface area contributed by atoms with Gasteiger partial charge in [-0.2, -0.15) is 0 Å². The minimum absolute atomic E-state index is 0.0954. The van der Waals surface area contributed by atoms with Crippen molar-refractivity contribution in [1.29, 1.82) is 0 Å². The number of benzene rings is 1. The molecule has 0 bridgehead atoms. The van der Waals surface area contributed by atoms with E-state index in [9.17, 15) is 18.5 Å². The summed E-state index contributed by atoms with van der Waals surface area (Å²) in [5.41, 5.74) is -0.386. The molecule has 1 aliphatic rings. The third kappa shape index (κ3) is 4.43. The van der Waals surface area contributed by atoms with E-state index in [4.69, 9.17) is 0 Å². The van der Waals surface area contributed by atoms with Gasteiger partial charge in [-0.15, -0.1) is 0 Å². The highest BCUT2D eigenvalue weighted by Crippen LogP contribution is 2.31. The molecule has 1 saturated heterocycles. The predicted octanol–water partition coefficient (Wildman–Crippen LogP) is 1.42. The lowest BCUT2D eigenvalue weighted by atomic mass is 10.1. The molecular formula is C15H24N4O4S. The van der Waals surface area contributed by atoms with Gasteiger partial charge >= 0.3 is 0 Å². The summed E-state index contributed by atoms with van der Waals surface area (Å²) in [7, 11) is -1.81. The van der Waals surface area contributed by atoms with Crippen molar-refractivity contribution in [2.45, 2.75) is 31.2 Å². The molecule has 134 valence electrons. The number of nitrogens with one attached hydrogen (secondary N) is 1. The van der Waals surface area contributed by atoms with E-state index in [1.807, 2.05) is 11.9 Å². The molecule has 0 aliphatic carbocycles. The first-order valence-electron chi connectivity index (χ1n) is 7.75. The number of rotatable bonds is 4. The summed E-state index contributed by atoms with van der Waals surface area (Å²) in [6.07, 6.45) is 0. The van der Waals surface area contributed by atoms with Crippen molar-refractivity contribution >= 4 is 21.4 Å². The molecule has 0 amide bonds. The van der Waals surface area contributed by atoms with Crippen molar-refractivity contribution in [1.82, 2.24) is 9.62 Å². The van der Waals surface area contributed by atoms with E-state index in [2.05, 4.69) is 9.62 Å². The van der Waals surface area contributed by atoms with Crippen molar-refractivity contribution in [3.05, 3.63) is 28.3 Å². The van der Waals surface area contributed by atoms with Gasteiger partial charge in [-0.25, -0.2) is 13.1 Å². The number of likely N-dealkylation sites (N-methyl/N-ethyl adjacent to an activating group) is 1. The number of hydrogen-bond donors (Lipinski definition) is 1.